The van der Waals surface area contributed by atoms with Crippen LogP contribution in [-0.4, -0.2) is 31.7 Å². The molecule has 0 atom stereocenters. The van der Waals surface area contributed by atoms with Gasteiger partial charge in [0.15, 0.2) is 0 Å². The molecule has 1 saturated heterocycles. The summed E-state index contributed by atoms with van der Waals surface area (Å²) < 4.78 is 73.5. The average Bonchev–Trinajstić information content (AvgIpc) is 2.79. The molecule has 1 heterocycles. The molecule has 198 valence electrons. The van der Waals surface area contributed by atoms with Gasteiger partial charge in [0.1, 0.15) is 0 Å². The molecule has 2 rings (SSSR count). The normalized spacial score (nSPS) is 14.9. The van der Waals surface area contributed by atoms with Crippen molar-refractivity contribution in [1.82, 2.24) is 5.32 Å². The van der Waals surface area contributed by atoms with Crippen LogP contribution in [0, 0.1) is 5.92 Å². The van der Waals surface area contributed by atoms with E-state index in [1.807, 2.05) is 33.8 Å². The average molecular weight is 725 g/mol. The van der Waals surface area contributed by atoms with Crippen LogP contribution in [0.15, 0.2) is 72.0 Å². The predicted octanol–water partition coefficient (Wildman–Crippen LogP) is 8.72. The van der Waals surface area contributed by atoms with Crippen LogP contribution in [0.2, 0.25) is 0 Å². The summed E-state index contributed by atoms with van der Waals surface area (Å²) in [6.45, 7) is 15.6. The minimum absolute atomic E-state index is 0.0398. The third-order valence-electron chi connectivity index (χ3n) is 4.47. The van der Waals surface area contributed by atoms with Gasteiger partial charge in [0, 0.05) is 23.5 Å². The second-order valence-corrected chi connectivity index (χ2v) is 7.48. The van der Waals surface area contributed by atoms with Crippen molar-refractivity contribution in [2.24, 2.45) is 5.92 Å². The van der Waals surface area contributed by atoms with E-state index >= 15 is 0 Å². The van der Waals surface area contributed by atoms with Crippen molar-refractivity contribution in [1.29, 1.82) is 0 Å². The van der Waals surface area contributed by atoms with Gasteiger partial charge in [0.2, 0.25) is 0 Å². The Hall–Kier alpha value is -1.09. The van der Waals surface area contributed by atoms with E-state index in [0.29, 0.717) is 11.1 Å². The zero-order valence-electron chi connectivity index (χ0n) is 20.5. The Bertz CT molecular complexity index is 835. The third-order valence-corrected chi connectivity index (χ3v) is 4.47. The molecule has 10 heteroatoms. The molecule has 1 aliphatic rings. The Labute approximate surface area is 228 Å². The van der Waals surface area contributed by atoms with Crippen LogP contribution in [0.5, 0.6) is 0 Å². The first-order valence-corrected chi connectivity index (χ1v) is 18.4. The number of anilines is 1. The molecular weight excluding hydrogens is 691 g/mol. The van der Waals surface area contributed by atoms with Crippen molar-refractivity contribution < 1.29 is 26.3 Å². The van der Waals surface area contributed by atoms with Crippen LogP contribution in [0.3, 0.4) is 0 Å². The maximum atomic E-state index is 12.6. The Morgan fingerprint density at radius 3 is 2.03 bits per heavy atom. The number of allylic oxidation sites excluding steroid dienone is 6. The molecule has 0 amide bonds. The molecule has 0 bridgehead atoms. The minimum atomic E-state index is -4.39. The molecule has 0 saturated carbocycles. The quantitative estimate of drug-likeness (QED) is 0.107. The van der Waals surface area contributed by atoms with Crippen molar-refractivity contribution in [3.63, 3.8) is 0 Å². The molecule has 0 spiro atoms. The molecule has 0 aromatic heterocycles. The fourth-order valence-electron chi connectivity index (χ4n) is 2.81. The van der Waals surface area contributed by atoms with E-state index in [-0.39, 0.29) is 11.6 Å². The summed E-state index contributed by atoms with van der Waals surface area (Å²) in [6, 6.07) is 4.57. The van der Waals surface area contributed by atoms with Crippen LogP contribution in [0.25, 0.3) is 0 Å². The summed E-state index contributed by atoms with van der Waals surface area (Å²) in [5.74, 6) is -0.0398. The Balaban J connectivity index is 0. The van der Waals surface area contributed by atoms with Gasteiger partial charge in [-0.05, 0) is 66.7 Å². The van der Waals surface area contributed by atoms with Gasteiger partial charge in [-0.1, -0.05) is 46.9 Å². The van der Waals surface area contributed by atoms with Crippen molar-refractivity contribution in [3.8, 4) is 0 Å². The van der Waals surface area contributed by atoms with E-state index in [9.17, 15) is 26.3 Å². The zero-order chi connectivity index (χ0) is 27.8. The summed E-state index contributed by atoms with van der Waals surface area (Å²) in [4.78, 5) is 0. The molecule has 1 aromatic carbocycles. The third kappa shape index (κ3) is 15.6. The van der Waals surface area contributed by atoms with Crippen LogP contribution in [0.4, 0.5) is 32.0 Å². The molecule has 2 radical (unpaired) electrons. The number of nitrogens with one attached hydrogen (secondary N) is 1. The Morgan fingerprint density at radius 2 is 1.66 bits per heavy atom. The van der Waals surface area contributed by atoms with Gasteiger partial charge in [0.05, 0.1) is 5.56 Å². The molecular formula is C25H34F6IN2Sb. The fourth-order valence-corrected chi connectivity index (χ4v) is 2.81. The summed E-state index contributed by atoms with van der Waals surface area (Å²) in [5.41, 5.74) is 5.98. The SMILES string of the molecule is C=C(/C=C1/CCCCN1)/C(=C/C(=C)C(F)(F)F)C(C)C.CC.Nc1cccc(C(F)(F)F)c1.[Sb][I]. The number of rotatable bonds is 4. The van der Waals surface area contributed by atoms with E-state index in [0.717, 1.165) is 49.7 Å². The van der Waals surface area contributed by atoms with Gasteiger partial charge in [-0.3, -0.25) is 0 Å². The Morgan fingerprint density at radius 1 is 1.09 bits per heavy atom. The Kier molecular flexibility index (Phi) is 18.8. The van der Waals surface area contributed by atoms with Gasteiger partial charge in [-0.25, -0.2) is 0 Å². The van der Waals surface area contributed by atoms with Gasteiger partial charge >= 0.3 is 49.9 Å². The van der Waals surface area contributed by atoms with Gasteiger partial charge in [-0.2, -0.15) is 26.3 Å². The molecule has 1 fully saturated rings. The summed E-state index contributed by atoms with van der Waals surface area (Å²) in [7, 11) is 0. The first kappa shape index (κ1) is 36.1. The number of nitrogens with two attached hydrogens (primary N) is 1. The molecule has 0 unspecified atom stereocenters. The fraction of sp³-hybridized carbons (Fsp3) is 0.440. The van der Waals surface area contributed by atoms with Gasteiger partial charge in [-0.15, -0.1) is 0 Å². The van der Waals surface area contributed by atoms with Crippen LogP contribution in [-0.2, 0) is 6.18 Å². The van der Waals surface area contributed by atoms with E-state index < -0.39 is 23.5 Å². The maximum absolute atomic E-state index is 12.6. The zero-order valence-corrected chi connectivity index (χ0v) is 25.2. The van der Waals surface area contributed by atoms with Gasteiger partial charge < -0.3 is 11.1 Å². The van der Waals surface area contributed by atoms with Crippen LogP contribution in [0.1, 0.15) is 52.5 Å². The molecule has 3 N–H and O–H groups in total. The van der Waals surface area contributed by atoms with E-state index in [1.54, 1.807) is 19.0 Å². The second-order valence-electron chi connectivity index (χ2n) is 7.48. The molecule has 0 aliphatic carbocycles. The molecule has 1 aliphatic heterocycles. The number of hydrogen-bond donors (Lipinski definition) is 2. The number of piperidine rings is 1. The van der Waals surface area contributed by atoms with E-state index in [4.69, 9.17) is 5.73 Å². The number of halogens is 7. The second kappa shape index (κ2) is 18.2. The van der Waals surface area contributed by atoms with E-state index in [2.05, 4.69) is 37.0 Å². The molecule has 2 nitrogen and oxygen atoms in total. The molecule has 35 heavy (non-hydrogen) atoms. The van der Waals surface area contributed by atoms with Crippen molar-refractivity contribution in [3.05, 3.63) is 77.6 Å². The van der Waals surface area contributed by atoms with Crippen molar-refractivity contribution >= 4 is 43.2 Å². The summed E-state index contributed by atoms with van der Waals surface area (Å²) in [6.07, 6.45) is -2.58. The summed E-state index contributed by atoms with van der Waals surface area (Å²) >= 11 is 3.92. The first-order chi connectivity index (χ1) is 16.2. The summed E-state index contributed by atoms with van der Waals surface area (Å²) in [5, 5.41) is 3.26. The number of nitrogen functional groups attached to an aromatic ring is 1. The standard InChI is InChI=1S/C16H22F3N.C7H6F3N.C2H6.HI.Sb/c1-11(2)15(10-13(4)16(17,18)19)12(3)9-14-7-5-6-8-20-14;8-7(9,10)5-2-1-3-6(11)4-5;1-2;;/h9-11,20H,3-8H2,1-2H3;1-4H,11H2;1-2H3;1H;/q;;;;+1/p-1/b14-9-,15-10+;;;;. The number of hydrogen-bond acceptors (Lipinski definition) is 2. The predicted molar refractivity (Wildman–Crippen MR) is 144 cm³/mol. The van der Waals surface area contributed by atoms with E-state index in [1.165, 1.54) is 12.1 Å². The number of benzene rings is 1. The van der Waals surface area contributed by atoms with Crippen LogP contribution < -0.4 is 11.1 Å². The van der Waals surface area contributed by atoms with Crippen molar-refractivity contribution in [2.75, 3.05) is 12.3 Å². The topological polar surface area (TPSA) is 38.0 Å². The molecule has 1 aromatic rings. The monoisotopic (exact) mass is 724 g/mol. The first-order valence-electron chi connectivity index (χ1n) is 10.9. The van der Waals surface area contributed by atoms with Crippen LogP contribution >= 0.6 is 18.5 Å². The number of alkyl halides is 6. The van der Waals surface area contributed by atoms with Gasteiger partial charge in [0.25, 0.3) is 0 Å². The van der Waals surface area contributed by atoms with Crippen molar-refractivity contribution in [2.45, 2.75) is 59.3 Å².